The van der Waals surface area contributed by atoms with Gasteiger partial charge in [-0.3, -0.25) is 4.79 Å². The van der Waals surface area contributed by atoms with E-state index in [1.54, 1.807) is 0 Å². The van der Waals surface area contributed by atoms with E-state index in [0.29, 0.717) is 6.42 Å². The lowest BCUT2D eigenvalue weighted by Crippen LogP contribution is -2.49. The molecule has 1 rings (SSSR count). The van der Waals surface area contributed by atoms with Crippen molar-refractivity contribution in [2.24, 2.45) is 5.73 Å². The average molecular weight is 321 g/mol. The Morgan fingerprint density at radius 2 is 1.90 bits per heavy atom. The number of carboxylic acids is 1. The van der Waals surface area contributed by atoms with Crippen molar-refractivity contribution >= 4 is 27.7 Å². The number of amides is 3. The van der Waals surface area contributed by atoms with Gasteiger partial charge in [0.2, 0.25) is 5.91 Å². The Balaban J connectivity index is 2.60. The molecule has 1 aliphatic heterocycles. The zero-order valence-corrected chi connectivity index (χ0v) is 12.3. The Morgan fingerprint density at radius 1 is 1.24 bits per heavy atom. The minimum Gasteiger partial charge on any atom is -0.480 e. The van der Waals surface area contributed by atoms with E-state index in [4.69, 9.17) is 10.8 Å². The zero-order valence-electron chi connectivity index (χ0n) is 11.4. The summed E-state index contributed by atoms with van der Waals surface area (Å²) in [7, 11) is -3.15. The molecular formula is C11H19N3O6S. The molecule has 0 unspecified atom stereocenters. The lowest BCUT2D eigenvalue weighted by Gasteiger charge is -2.23. The van der Waals surface area contributed by atoms with Crippen molar-refractivity contribution in [3.8, 4) is 0 Å². The minimum atomic E-state index is -3.15. The van der Waals surface area contributed by atoms with Gasteiger partial charge in [-0.25, -0.2) is 18.0 Å². The van der Waals surface area contributed by atoms with Crippen molar-refractivity contribution < 1.29 is 27.9 Å². The van der Waals surface area contributed by atoms with Crippen LogP contribution in [-0.4, -0.2) is 67.0 Å². The summed E-state index contributed by atoms with van der Waals surface area (Å²) in [5.41, 5.74) is 4.94. The van der Waals surface area contributed by atoms with Crippen molar-refractivity contribution in [2.75, 3.05) is 24.6 Å². The van der Waals surface area contributed by atoms with E-state index < -0.39 is 33.8 Å². The lowest BCUT2D eigenvalue weighted by atomic mass is 10.1. The van der Waals surface area contributed by atoms with Gasteiger partial charge in [0.25, 0.3) is 0 Å². The number of nitrogens with two attached hydrogens (primary N) is 1. The van der Waals surface area contributed by atoms with Gasteiger partial charge in [0, 0.05) is 19.5 Å². The maximum Gasteiger partial charge on any atom is 0.326 e. The number of hydrogen-bond donors (Lipinski definition) is 3. The fraction of sp³-hybridized carbons (Fsp3) is 0.727. The number of carbonyl (C=O) groups is 3. The van der Waals surface area contributed by atoms with E-state index in [1.807, 2.05) is 0 Å². The van der Waals surface area contributed by atoms with Crippen molar-refractivity contribution in [1.29, 1.82) is 0 Å². The molecular weight excluding hydrogens is 302 g/mol. The van der Waals surface area contributed by atoms with Crippen LogP contribution in [0.4, 0.5) is 4.79 Å². The van der Waals surface area contributed by atoms with Crippen LogP contribution in [0.5, 0.6) is 0 Å². The van der Waals surface area contributed by atoms with Gasteiger partial charge in [-0.2, -0.15) is 0 Å². The monoisotopic (exact) mass is 321 g/mol. The largest absolute Gasteiger partial charge is 0.480 e. The van der Waals surface area contributed by atoms with E-state index in [0.717, 1.165) is 0 Å². The number of primary amides is 1. The smallest absolute Gasteiger partial charge is 0.326 e. The molecule has 0 aromatic rings. The third kappa shape index (κ3) is 5.98. The molecule has 1 fully saturated rings. The number of carboxylic acid groups (broad SMARTS) is 1. The summed E-state index contributed by atoms with van der Waals surface area (Å²) >= 11 is 0. The molecule has 0 aromatic carbocycles. The number of sulfone groups is 1. The molecule has 4 N–H and O–H groups in total. The molecule has 21 heavy (non-hydrogen) atoms. The number of rotatable bonds is 5. The van der Waals surface area contributed by atoms with Gasteiger partial charge in [0.1, 0.15) is 6.04 Å². The van der Waals surface area contributed by atoms with Crippen LogP contribution in [0.1, 0.15) is 19.3 Å². The van der Waals surface area contributed by atoms with Crippen LogP contribution in [0, 0.1) is 0 Å². The molecule has 0 spiro atoms. The minimum absolute atomic E-state index is 0.0147. The molecule has 1 heterocycles. The summed E-state index contributed by atoms with van der Waals surface area (Å²) in [6, 6.07) is -1.88. The quantitative estimate of drug-likeness (QED) is 0.563. The Labute approximate surface area is 122 Å². The summed E-state index contributed by atoms with van der Waals surface area (Å²) in [6.07, 6.45) is 0.0446. The summed E-state index contributed by atoms with van der Waals surface area (Å²) in [5.74, 6) is -2.05. The molecule has 0 radical (unpaired) electrons. The molecule has 10 heteroatoms. The second-order valence-electron chi connectivity index (χ2n) is 4.84. The van der Waals surface area contributed by atoms with Crippen LogP contribution >= 0.6 is 0 Å². The predicted octanol–water partition coefficient (Wildman–Crippen LogP) is -1.46. The highest BCUT2D eigenvalue weighted by atomic mass is 32.2. The van der Waals surface area contributed by atoms with Crippen molar-refractivity contribution in [3.05, 3.63) is 0 Å². The topological polar surface area (TPSA) is 147 Å². The first-order chi connectivity index (χ1) is 9.71. The van der Waals surface area contributed by atoms with Crippen LogP contribution < -0.4 is 11.1 Å². The van der Waals surface area contributed by atoms with Gasteiger partial charge in [-0.1, -0.05) is 0 Å². The number of urea groups is 1. The fourth-order valence-corrected chi connectivity index (χ4v) is 3.20. The summed E-state index contributed by atoms with van der Waals surface area (Å²) in [5, 5.41) is 11.3. The highest BCUT2D eigenvalue weighted by Gasteiger charge is 2.26. The molecule has 1 atom stereocenters. The molecule has 0 saturated carbocycles. The molecule has 1 saturated heterocycles. The number of nitrogens with one attached hydrogen (secondary N) is 1. The first-order valence-electron chi connectivity index (χ1n) is 6.48. The standard InChI is InChI=1S/C11H19N3O6S/c12-9(15)3-2-8(10(16)17)13-11(18)14-4-1-6-21(19,20)7-5-14/h8H,1-7H2,(H2,12,15)(H,13,18)(H,16,17)/t8-/m1/s1. The van der Waals surface area contributed by atoms with Crippen molar-refractivity contribution in [2.45, 2.75) is 25.3 Å². The average Bonchev–Trinajstić information content (AvgIpc) is 2.54. The van der Waals surface area contributed by atoms with Gasteiger partial charge < -0.3 is 21.1 Å². The van der Waals surface area contributed by atoms with E-state index in [1.165, 1.54) is 4.90 Å². The number of carbonyl (C=O) groups excluding carboxylic acids is 2. The van der Waals surface area contributed by atoms with Crippen molar-refractivity contribution in [1.82, 2.24) is 10.2 Å². The van der Waals surface area contributed by atoms with Gasteiger partial charge in [0.05, 0.1) is 11.5 Å². The van der Waals surface area contributed by atoms with E-state index in [9.17, 15) is 22.8 Å². The maximum absolute atomic E-state index is 12.0. The molecule has 120 valence electrons. The summed E-state index contributed by atoms with van der Waals surface area (Å²) in [4.78, 5) is 34.9. The van der Waals surface area contributed by atoms with Crippen LogP contribution in [0.25, 0.3) is 0 Å². The third-order valence-corrected chi connectivity index (χ3v) is 4.83. The van der Waals surface area contributed by atoms with E-state index in [-0.39, 0.29) is 37.4 Å². The third-order valence-electron chi connectivity index (χ3n) is 3.12. The van der Waals surface area contributed by atoms with Crippen LogP contribution in [-0.2, 0) is 19.4 Å². The Hall–Kier alpha value is -1.84. The number of hydrogen-bond acceptors (Lipinski definition) is 5. The zero-order chi connectivity index (χ0) is 16.0. The first kappa shape index (κ1) is 17.2. The fourth-order valence-electron chi connectivity index (χ4n) is 1.93. The Bertz CT molecular complexity index is 518. The lowest BCUT2D eigenvalue weighted by molar-refractivity contribution is -0.139. The first-order valence-corrected chi connectivity index (χ1v) is 8.30. The molecule has 1 aliphatic rings. The highest BCUT2D eigenvalue weighted by Crippen LogP contribution is 2.06. The van der Waals surface area contributed by atoms with Gasteiger partial charge in [-0.05, 0) is 12.8 Å². The summed E-state index contributed by atoms with van der Waals surface area (Å²) in [6.45, 7) is 0.267. The predicted molar refractivity (Wildman–Crippen MR) is 73.2 cm³/mol. The highest BCUT2D eigenvalue weighted by molar-refractivity contribution is 7.91. The van der Waals surface area contributed by atoms with Crippen LogP contribution in [0.15, 0.2) is 0 Å². The molecule has 0 aromatic heterocycles. The van der Waals surface area contributed by atoms with Gasteiger partial charge in [0.15, 0.2) is 9.84 Å². The van der Waals surface area contributed by atoms with E-state index >= 15 is 0 Å². The second kappa shape index (κ2) is 7.25. The molecule has 9 nitrogen and oxygen atoms in total. The van der Waals surface area contributed by atoms with Gasteiger partial charge >= 0.3 is 12.0 Å². The second-order valence-corrected chi connectivity index (χ2v) is 7.14. The van der Waals surface area contributed by atoms with Crippen molar-refractivity contribution in [3.63, 3.8) is 0 Å². The molecule has 0 aliphatic carbocycles. The van der Waals surface area contributed by atoms with E-state index in [2.05, 4.69) is 5.32 Å². The Kier molecular flexibility index (Phi) is 5.94. The Morgan fingerprint density at radius 3 is 2.48 bits per heavy atom. The molecule has 0 bridgehead atoms. The SMILES string of the molecule is NC(=O)CC[C@@H](NC(=O)N1CCCS(=O)(=O)CC1)C(=O)O. The normalized spacial score (nSPS) is 19.3. The van der Waals surface area contributed by atoms with Crippen LogP contribution in [0.3, 0.4) is 0 Å². The number of nitrogens with zero attached hydrogens (tertiary/aromatic N) is 1. The number of aliphatic carboxylic acids is 1. The summed E-state index contributed by atoms with van der Waals surface area (Å²) < 4.78 is 22.9. The maximum atomic E-state index is 12.0. The van der Waals surface area contributed by atoms with Crippen LogP contribution in [0.2, 0.25) is 0 Å². The van der Waals surface area contributed by atoms with Gasteiger partial charge in [-0.15, -0.1) is 0 Å². The molecule has 3 amide bonds.